The predicted molar refractivity (Wildman–Crippen MR) is 89.0 cm³/mol. The number of hydrogen-bond donors (Lipinski definition) is 2. The minimum Gasteiger partial charge on any atom is -0.492 e. The lowest BCUT2D eigenvalue weighted by Crippen LogP contribution is -2.27. The van der Waals surface area contributed by atoms with Gasteiger partial charge in [-0.15, -0.1) is 11.3 Å². The van der Waals surface area contributed by atoms with Crippen LogP contribution in [-0.2, 0) is 21.4 Å². The number of carbonyl (C=O) groups is 1. The summed E-state index contributed by atoms with van der Waals surface area (Å²) in [6.07, 6.45) is 0. The smallest absolute Gasteiger partial charge is 0.250 e. The lowest BCUT2D eigenvalue weighted by Gasteiger charge is -2.07. The Bertz CT molecular complexity index is 742. The quantitative estimate of drug-likeness (QED) is 0.707. The van der Waals surface area contributed by atoms with Crippen molar-refractivity contribution < 1.29 is 17.9 Å². The molecule has 1 aromatic carbocycles. The Kier molecular flexibility index (Phi) is 6.14. The van der Waals surface area contributed by atoms with E-state index in [-0.39, 0.29) is 23.3 Å². The molecule has 124 valence electrons. The van der Waals surface area contributed by atoms with E-state index in [1.165, 1.54) is 13.0 Å². The number of nitrogens with one attached hydrogen (secondary N) is 2. The average Bonchev–Trinajstić information content (AvgIpc) is 3.00. The van der Waals surface area contributed by atoms with Gasteiger partial charge in [0.2, 0.25) is 15.9 Å². The van der Waals surface area contributed by atoms with E-state index in [9.17, 15) is 13.2 Å². The van der Waals surface area contributed by atoms with Crippen molar-refractivity contribution in [1.29, 1.82) is 0 Å². The number of rotatable bonds is 8. The van der Waals surface area contributed by atoms with Gasteiger partial charge in [0, 0.05) is 18.3 Å². The van der Waals surface area contributed by atoms with Gasteiger partial charge < -0.3 is 10.1 Å². The number of thiophene rings is 1. The van der Waals surface area contributed by atoms with Gasteiger partial charge in [-0.1, -0.05) is 18.2 Å². The molecular weight excluding hydrogens is 336 g/mol. The van der Waals surface area contributed by atoms with Crippen molar-refractivity contribution in [3.8, 4) is 5.75 Å². The molecule has 8 heteroatoms. The highest BCUT2D eigenvalue weighted by Crippen LogP contribution is 2.21. The summed E-state index contributed by atoms with van der Waals surface area (Å²) in [5.41, 5.74) is 0. The molecule has 0 bridgehead atoms. The Morgan fingerprint density at radius 1 is 1.17 bits per heavy atom. The number of carbonyl (C=O) groups excluding carboxylic acids is 1. The van der Waals surface area contributed by atoms with Crippen LogP contribution in [0, 0.1) is 0 Å². The lowest BCUT2D eigenvalue weighted by atomic mass is 10.3. The highest BCUT2D eigenvalue weighted by molar-refractivity contribution is 7.91. The molecule has 2 N–H and O–H groups in total. The molecule has 0 spiro atoms. The maximum atomic E-state index is 12.2. The summed E-state index contributed by atoms with van der Waals surface area (Å²) in [5.74, 6) is 0.541. The molecule has 0 atom stereocenters. The van der Waals surface area contributed by atoms with Crippen molar-refractivity contribution in [2.45, 2.75) is 17.7 Å². The first-order chi connectivity index (χ1) is 11.0. The predicted octanol–water partition coefficient (Wildman–Crippen LogP) is 1.74. The molecule has 2 rings (SSSR count). The van der Waals surface area contributed by atoms with Crippen LogP contribution in [0.15, 0.2) is 46.7 Å². The van der Waals surface area contributed by atoms with Crippen molar-refractivity contribution >= 4 is 27.3 Å². The Balaban J connectivity index is 1.83. The molecule has 0 saturated heterocycles. The van der Waals surface area contributed by atoms with Crippen LogP contribution in [0.4, 0.5) is 0 Å². The van der Waals surface area contributed by atoms with Gasteiger partial charge >= 0.3 is 0 Å². The van der Waals surface area contributed by atoms with Crippen molar-refractivity contribution in [3.05, 3.63) is 47.3 Å². The monoisotopic (exact) mass is 354 g/mol. The summed E-state index contributed by atoms with van der Waals surface area (Å²) in [4.78, 5) is 11.6. The standard InChI is InChI=1S/C15H18N2O4S2/c1-12(18)16-11-14-7-8-15(22-14)23(19,20)17-9-10-21-13-5-3-2-4-6-13/h2-8,17H,9-11H2,1H3,(H,16,18). The molecule has 23 heavy (non-hydrogen) atoms. The molecule has 1 heterocycles. The highest BCUT2D eigenvalue weighted by Gasteiger charge is 2.16. The first-order valence-electron chi connectivity index (χ1n) is 6.98. The summed E-state index contributed by atoms with van der Waals surface area (Å²) in [5, 5.41) is 2.63. The molecule has 0 aliphatic heterocycles. The average molecular weight is 354 g/mol. The zero-order valence-electron chi connectivity index (χ0n) is 12.6. The largest absolute Gasteiger partial charge is 0.492 e. The fourth-order valence-corrected chi connectivity index (χ4v) is 4.10. The van der Waals surface area contributed by atoms with Gasteiger partial charge in [0.25, 0.3) is 0 Å². The zero-order chi connectivity index (χ0) is 16.7. The number of para-hydroxylation sites is 1. The third kappa shape index (κ3) is 5.66. The van der Waals surface area contributed by atoms with E-state index in [1.807, 2.05) is 30.3 Å². The molecule has 1 amide bonds. The van der Waals surface area contributed by atoms with Crippen LogP contribution in [0.1, 0.15) is 11.8 Å². The minimum absolute atomic E-state index is 0.154. The third-order valence-corrected chi connectivity index (χ3v) is 5.86. The summed E-state index contributed by atoms with van der Waals surface area (Å²) in [6, 6.07) is 12.4. The molecule has 0 saturated carbocycles. The van der Waals surface area contributed by atoms with Gasteiger partial charge in [-0.05, 0) is 24.3 Å². The minimum atomic E-state index is -3.56. The zero-order valence-corrected chi connectivity index (χ0v) is 14.2. The normalized spacial score (nSPS) is 11.2. The second-order valence-corrected chi connectivity index (χ2v) is 7.85. The number of sulfonamides is 1. The van der Waals surface area contributed by atoms with E-state index in [2.05, 4.69) is 10.0 Å². The van der Waals surface area contributed by atoms with E-state index in [0.717, 1.165) is 16.2 Å². The van der Waals surface area contributed by atoms with Crippen LogP contribution < -0.4 is 14.8 Å². The van der Waals surface area contributed by atoms with E-state index >= 15 is 0 Å². The fourth-order valence-electron chi connectivity index (χ4n) is 1.74. The number of hydrogen-bond acceptors (Lipinski definition) is 5. The maximum absolute atomic E-state index is 12.2. The third-order valence-electron chi connectivity index (χ3n) is 2.82. The molecule has 1 aromatic heterocycles. The van der Waals surface area contributed by atoms with Gasteiger partial charge in [0.1, 0.15) is 16.6 Å². The first-order valence-corrected chi connectivity index (χ1v) is 9.28. The van der Waals surface area contributed by atoms with Crippen LogP contribution in [0.25, 0.3) is 0 Å². The van der Waals surface area contributed by atoms with Crippen molar-refractivity contribution in [3.63, 3.8) is 0 Å². The number of ether oxygens (including phenoxy) is 1. The molecular formula is C15H18N2O4S2. The van der Waals surface area contributed by atoms with E-state index < -0.39 is 10.0 Å². The Morgan fingerprint density at radius 3 is 2.61 bits per heavy atom. The van der Waals surface area contributed by atoms with E-state index in [4.69, 9.17) is 4.74 Å². The van der Waals surface area contributed by atoms with Gasteiger partial charge in [0.05, 0.1) is 6.54 Å². The molecule has 0 aliphatic rings. The SMILES string of the molecule is CC(=O)NCc1ccc(S(=O)(=O)NCCOc2ccccc2)s1. The topological polar surface area (TPSA) is 84.5 Å². The summed E-state index contributed by atoms with van der Waals surface area (Å²) < 4.78 is 32.5. The number of benzene rings is 1. The molecule has 6 nitrogen and oxygen atoms in total. The van der Waals surface area contributed by atoms with Crippen LogP contribution >= 0.6 is 11.3 Å². The van der Waals surface area contributed by atoms with Gasteiger partial charge in [-0.25, -0.2) is 13.1 Å². The molecule has 2 aromatic rings. The van der Waals surface area contributed by atoms with Crippen LogP contribution in [0.2, 0.25) is 0 Å². The molecule has 0 fully saturated rings. The second-order valence-electron chi connectivity index (χ2n) is 4.69. The summed E-state index contributed by atoms with van der Waals surface area (Å²) in [6.45, 7) is 2.16. The first kappa shape index (κ1) is 17.5. The van der Waals surface area contributed by atoms with E-state index in [0.29, 0.717) is 12.3 Å². The Morgan fingerprint density at radius 2 is 1.91 bits per heavy atom. The Labute approximate surface area is 139 Å². The van der Waals surface area contributed by atoms with E-state index in [1.54, 1.807) is 6.07 Å². The molecule has 0 radical (unpaired) electrons. The van der Waals surface area contributed by atoms with Gasteiger partial charge in [0.15, 0.2) is 0 Å². The second kappa shape index (κ2) is 8.09. The fraction of sp³-hybridized carbons (Fsp3) is 0.267. The maximum Gasteiger partial charge on any atom is 0.250 e. The van der Waals surface area contributed by atoms with Crippen molar-refractivity contribution in [2.75, 3.05) is 13.2 Å². The van der Waals surface area contributed by atoms with Crippen molar-refractivity contribution in [1.82, 2.24) is 10.0 Å². The Hall–Kier alpha value is -1.90. The van der Waals surface area contributed by atoms with Crippen LogP contribution in [0.5, 0.6) is 5.75 Å². The highest BCUT2D eigenvalue weighted by atomic mass is 32.2. The van der Waals surface area contributed by atoms with Crippen LogP contribution in [0.3, 0.4) is 0 Å². The molecule has 0 aliphatic carbocycles. The summed E-state index contributed by atoms with van der Waals surface area (Å²) >= 11 is 1.13. The van der Waals surface area contributed by atoms with Gasteiger partial charge in [-0.3, -0.25) is 4.79 Å². The van der Waals surface area contributed by atoms with Crippen molar-refractivity contribution in [2.24, 2.45) is 0 Å². The summed E-state index contributed by atoms with van der Waals surface area (Å²) in [7, 11) is -3.56. The van der Waals surface area contributed by atoms with Crippen LogP contribution in [-0.4, -0.2) is 27.5 Å². The molecule has 0 unspecified atom stereocenters. The lowest BCUT2D eigenvalue weighted by molar-refractivity contribution is -0.119. The van der Waals surface area contributed by atoms with Gasteiger partial charge in [-0.2, -0.15) is 0 Å². The number of amides is 1.